The van der Waals surface area contributed by atoms with E-state index in [1.54, 1.807) is 6.07 Å². The van der Waals surface area contributed by atoms with Gasteiger partial charge >= 0.3 is 0 Å². The van der Waals surface area contributed by atoms with Crippen molar-refractivity contribution >= 4 is 0 Å². The number of nitrogens with zero attached hydrogens (tertiary/aromatic N) is 1. The normalized spacial score (nSPS) is 21.9. The molecule has 0 radical (unpaired) electrons. The minimum atomic E-state index is -0.632. The van der Waals surface area contributed by atoms with Gasteiger partial charge in [-0.15, -0.1) is 0 Å². The molecule has 0 aromatic carbocycles. The maximum absolute atomic E-state index is 9.37. The van der Waals surface area contributed by atoms with Crippen molar-refractivity contribution in [2.24, 2.45) is 0 Å². The van der Waals surface area contributed by atoms with E-state index in [0.29, 0.717) is 5.69 Å². The van der Waals surface area contributed by atoms with Gasteiger partial charge in [-0.2, -0.15) is 0 Å². The first-order valence-corrected chi connectivity index (χ1v) is 2.94. The summed E-state index contributed by atoms with van der Waals surface area (Å²) in [4.78, 5) is 0. The fourth-order valence-corrected chi connectivity index (χ4v) is 0.827. The molecule has 1 aliphatic rings. The molecule has 0 bridgehead atoms. The lowest BCUT2D eigenvalue weighted by Gasteiger charge is -1.97. The molecule has 1 heterocycles. The van der Waals surface area contributed by atoms with Gasteiger partial charge in [0.15, 0.2) is 0 Å². The number of aromatic nitrogens is 1. The van der Waals surface area contributed by atoms with E-state index in [0.717, 1.165) is 12.8 Å². The van der Waals surface area contributed by atoms with Crippen molar-refractivity contribution in [3.8, 4) is 0 Å². The minimum absolute atomic E-state index is 0.632. The standard InChI is InChI=1S/C6H7NO2/c8-6(2-3-6)5-1-4-9-7-5/h1,4,8H,2-3H2. The molecule has 48 valence electrons. The molecule has 1 aliphatic carbocycles. The molecule has 0 aliphatic heterocycles. The molecule has 3 heteroatoms. The first-order valence-electron chi connectivity index (χ1n) is 2.94. The van der Waals surface area contributed by atoms with Gasteiger partial charge in [0.25, 0.3) is 0 Å². The summed E-state index contributed by atoms with van der Waals surface area (Å²) in [6.07, 6.45) is 3.12. The van der Waals surface area contributed by atoms with E-state index in [1.807, 2.05) is 0 Å². The predicted octanol–water partition coefficient (Wildman–Crippen LogP) is 0.656. The number of hydrogen-bond acceptors (Lipinski definition) is 3. The summed E-state index contributed by atoms with van der Waals surface area (Å²) in [6, 6.07) is 1.70. The van der Waals surface area contributed by atoms with Crippen LogP contribution in [0, 0.1) is 0 Å². The van der Waals surface area contributed by atoms with Gasteiger partial charge in [-0.3, -0.25) is 0 Å². The third-order valence-corrected chi connectivity index (χ3v) is 1.64. The first-order chi connectivity index (χ1) is 4.31. The van der Waals surface area contributed by atoms with Crippen LogP contribution in [0.15, 0.2) is 16.9 Å². The maximum Gasteiger partial charge on any atom is 0.124 e. The van der Waals surface area contributed by atoms with E-state index in [4.69, 9.17) is 0 Å². The number of rotatable bonds is 1. The van der Waals surface area contributed by atoms with Crippen molar-refractivity contribution in [1.29, 1.82) is 0 Å². The Balaban J connectivity index is 2.34. The van der Waals surface area contributed by atoms with Gasteiger partial charge < -0.3 is 9.63 Å². The zero-order chi connectivity index (χ0) is 6.32. The third-order valence-electron chi connectivity index (χ3n) is 1.64. The summed E-state index contributed by atoms with van der Waals surface area (Å²) >= 11 is 0. The molecule has 0 unspecified atom stereocenters. The number of aliphatic hydroxyl groups is 1. The Hall–Kier alpha value is -0.830. The molecule has 0 atom stereocenters. The van der Waals surface area contributed by atoms with E-state index in [1.165, 1.54) is 6.26 Å². The molecule has 9 heavy (non-hydrogen) atoms. The molecular formula is C6H7NO2. The van der Waals surface area contributed by atoms with E-state index < -0.39 is 5.60 Å². The fraction of sp³-hybridized carbons (Fsp3) is 0.500. The third kappa shape index (κ3) is 0.650. The highest BCUT2D eigenvalue weighted by Crippen LogP contribution is 2.44. The summed E-state index contributed by atoms with van der Waals surface area (Å²) < 4.78 is 4.57. The molecule has 0 saturated heterocycles. The molecule has 1 aromatic rings. The van der Waals surface area contributed by atoms with Gasteiger partial charge in [0, 0.05) is 6.07 Å². The van der Waals surface area contributed by atoms with Gasteiger partial charge in [-0.1, -0.05) is 5.16 Å². The van der Waals surface area contributed by atoms with Crippen LogP contribution in [0.3, 0.4) is 0 Å². The van der Waals surface area contributed by atoms with E-state index >= 15 is 0 Å². The summed E-state index contributed by atoms with van der Waals surface area (Å²) in [5, 5.41) is 13.0. The summed E-state index contributed by atoms with van der Waals surface area (Å²) in [5.74, 6) is 0. The molecule has 1 aromatic heterocycles. The average molecular weight is 125 g/mol. The summed E-state index contributed by atoms with van der Waals surface area (Å²) in [6.45, 7) is 0. The lowest BCUT2D eigenvalue weighted by molar-refractivity contribution is 0.141. The van der Waals surface area contributed by atoms with Crippen LogP contribution < -0.4 is 0 Å². The van der Waals surface area contributed by atoms with Crippen LogP contribution in [0.5, 0.6) is 0 Å². The van der Waals surface area contributed by atoms with Crippen LogP contribution in [0.2, 0.25) is 0 Å². The lowest BCUT2D eigenvalue weighted by atomic mass is 10.2. The van der Waals surface area contributed by atoms with Crippen molar-refractivity contribution in [2.75, 3.05) is 0 Å². The largest absolute Gasteiger partial charge is 0.383 e. The Morgan fingerprint density at radius 1 is 1.67 bits per heavy atom. The smallest absolute Gasteiger partial charge is 0.124 e. The Labute approximate surface area is 52.3 Å². The van der Waals surface area contributed by atoms with Crippen molar-refractivity contribution in [2.45, 2.75) is 18.4 Å². The second-order valence-electron chi connectivity index (χ2n) is 2.42. The van der Waals surface area contributed by atoms with E-state index in [2.05, 4.69) is 9.68 Å². The van der Waals surface area contributed by atoms with Crippen molar-refractivity contribution in [3.63, 3.8) is 0 Å². The van der Waals surface area contributed by atoms with Gasteiger partial charge in [-0.05, 0) is 12.8 Å². The predicted molar refractivity (Wildman–Crippen MR) is 29.6 cm³/mol. The lowest BCUT2D eigenvalue weighted by Crippen LogP contribution is -2.03. The maximum atomic E-state index is 9.37. The quantitative estimate of drug-likeness (QED) is 0.599. The molecule has 1 N–H and O–H groups in total. The van der Waals surface area contributed by atoms with Crippen molar-refractivity contribution in [3.05, 3.63) is 18.0 Å². The minimum Gasteiger partial charge on any atom is -0.383 e. The highest BCUT2D eigenvalue weighted by Gasteiger charge is 2.44. The number of hydrogen-bond donors (Lipinski definition) is 1. The van der Waals surface area contributed by atoms with Gasteiger partial charge in [0.2, 0.25) is 0 Å². The second kappa shape index (κ2) is 1.36. The molecule has 1 saturated carbocycles. The van der Waals surface area contributed by atoms with E-state index in [-0.39, 0.29) is 0 Å². The van der Waals surface area contributed by atoms with Gasteiger partial charge in [-0.25, -0.2) is 0 Å². The Bertz CT molecular complexity index is 201. The van der Waals surface area contributed by atoms with Crippen LogP contribution in [-0.2, 0) is 5.60 Å². The Morgan fingerprint density at radius 2 is 2.44 bits per heavy atom. The first kappa shape index (κ1) is 4.99. The SMILES string of the molecule is OC1(c2ccon2)CC1. The van der Waals surface area contributed by atoms with Crippen LogP contribution >= 0.6 is 0 Å². The molecule has 2 rings (SSSR count). The van der Waals surface area contributed by atoms with Crippen LogP contribution in [0.4, 0.5) is 0 Å². The molecular weight excluding hydrogens is 118 g/mol. The highest BCUT2D eigenvalue weighted by molar-refractivity contribution is 5.15. The highest BCUT2D eigenvalue weighted by atomic mass is 16.5. The molecule has 0 amide bonds. The van der Waals surface area contributed by atoms with Gasteiger partial charge in [0.1, 0.15) is 17.6 Å². The molecule has 0 spiro atoms. The Kier molecular flexibility index (Phi) is 0.754. The molecule has 1 fully saturated rings. The molecule has 3 nitrogen and oxygen atoms in total. The van der Waals surface area contributed by atoms with Crippen LogP contribution in [-0.4, -0.2) is 10.3 Å². The van der Waals surface area contributed by atoms with E-state index in [9.17, 15) is 5.11 Å². The summed E-state index contributed by atoms with van der Waals surface area (Å²) in [5.41, 5.74) is 0.0370. The monoisotopic (exact) mass is 125 g/mol. The zero-order valence-corrected chi connectivity index (χ0v) is 4.87. The zero-order valence-electron chi connectivity index (χ0n) is 4.87. The van der Waals surface area contributed by atoms with Crippen molar-refractivity contribution in [1.82, 2.24) is 5.16 Å². The fourth-order valence-electron chi connectivity index (χ4n) is 0.827. The van der Waals surface area contributed by atoms with Crippen LogP contribution in [0.25, 0.3) is 0 Å². The Morgan fingerprint density at radius 3 is 2.89 bits per heavy atom. The average Bonchev–Trinajstić information content (AvgIpc) is 2.46. The topological polar surface area (TPSA) is 46.3 Å². The second-order valence-corrected chi connectivity index (χ2v) is 2.42. The van der Waals surface area contributed by atoms with Gasteiger partial charge in [0.05, 0.1) is 0 Å². The van der Waals surface area contributed by atoms with Crippen LogP contribution in [0.1, 0.15) is 18.5 Å². The summed E-state index contributed by atoms with van der Waals surface area (Å²) in [7, 11) is 0. The van der Waals surface area contributed by atoms with Crippen molar-refractivity contribution < 1.29 is 9.63 Å².